The van der Waals surface area contributed by atoms with Crippen molar-refractivity contribution in [3.05, 3.63) is 87.1 Å². The lowest BCUT2D eigenvalue weighted by Gasteiger charge is -2.26. The van der Waals surface area contributed by atoms with Crippen LogP contribution in [0.2, 0.25) is 0 Å². The Balaban J connectivity index is 1.59. The first kappa shape index (κ1) is 19.8. The Bertz CT molecular complexity index is 1430. The molecule has 5 rings (SSSR count). The minimum absolute atomic E-state index is 0.360. The molecule has 4 aromatic rings. The first-order valence-electron chi connectivity index (χ1n) is 10.4. The van der Waals surface area contributed by atoms with Crippen molar-refractivity contribution in [2.75, 3.05) is 23.4 Å². The molecule has 0 fully saturated rings. The Morgan fingerprint density at radius 3 is 2.34 bits per heavy atom. The third-order valence-electron chi connectivity index (χ3n) is 5.64. The van der Waals surface area contributed by atoms with E-state index in [0.717, 1.165) is 21.5 Å². The first-order valence-corrected chi connectivity index (χ1v) is 10.4. The van der Waals surface area contributed by atoms with Gasteiger partial charge in [-0.2, -0.15) is 10.1 Å². The number of benzene rings is 2. The number of rotatable bonds is 5. The van der Waals surface area contributed by atoms with E-state index in [-0.39, 0.29) is 5.56 Å². The summed E-state index contributed by atoms with van der Waals surface area (Å²) >= 11 is 0. The van der Waals surface area contributed by atoms with Crippen LogP contribution in [0.25, 0.3) is 11.2 Å². The molecule has 2 aromatic heterocycles. The Kier molecular flexibility index (Phi) is 4.85. The summed E-state index contributed by atoms with van der Waals surface area (Å²) in [4.78, 5) is 30.1. The van der Waals surface area contributed by atoms with Gasteiger partial charge < -0.3 is 5.32 Å². The predicted octanol–water partition coefficient (Wildman–Crippen LogP) is 1.77. The molecule has 0 aliphatic carbocycles. The molecule has 0 bridgehead atoms. The Labute approximate surface area is 183 Å². The van der Waals surface area contributed by atoms with Crippen LogP contribution in [0, 0.1) is 0 Å². The maximum absolute atomic E-state index is 13.0. The summed E-state index contributed by atoms with van der Waals surface area (Å²) in [5.74, 6) is 0.549. The summed E-state index contributed by atoms with van der Waals surface area (Å²) in [5, 5.41) is 10.0. The predicted molar refractivity (Wildman–Crippen MR) is 125 cm³/mol. The summed E-state index contributed by atoms with van der Waals surface area (Å²) in [6.45, 7) is 1.55. The van der Waals surface area contributed by atoms with Crippen molar-refractivity contribution >= 4 is 28.5 Å². The number of para-hydroxylation sites is 1. The van der Waals surface area contributed by atoms with Gasteiger partial charge in [0, 0.05) is 26.3 Å². The van der Waals surface area contributed by atoms with Crippen molar-refractivity contribution < 1.29 is 0 Å². The van der Waals surface area contributed by atoms with Gasteiger partial charge in [0.05, 0.1) is 18.8 Å². The monoisotopic (exact) mass is 429 g/mol. The SMILES string of the molecule is Cn1c(=O)c2c(nc3n2CC(c2ccccc2)=NN3CCNc2ccccc2)n(C)c1=O. The quantitative estimate of drug-likeness (QED) is 0.522. The highest BCUT2D eigenvalue weighted by atomic mass is 16.2. The van der Waals surface area contributed by atoms with E-state index in [1.807, 2.05) is 65.2 Å². The topological polar surface area (TPSA) is 89.4 Å². The molecule has 0 saturated carbocycles. The lowest BCUT2D eigenvalue weighted by Crippen LogP contribution is -2.38. The van der Waals surface area contributed by atoms with Gasteiger partial charge in [-0.1, -0.05) is 48.5 Å². The van der Waals surface area contributed by atoms with Crippen LogP contribution in [-0.2, 0) is 20.6 Å². The average molecular weight is 429 g/mol. The zero-order valence-electron chi connectivity index (χ0n) is 17.9. The third kappa shape index (κ3) is 3.27. The van der Waals surface area contributed by atoms with Crippen LogP contribution < -0.4 is 21.6 Å². The average Bonchev–Trinajstić information content (AvgIpc) is 3.22. The fraction of sp³-hybridized carbons (Fsp3) is 0.217. The molecule has 0 radical (unpaired) electrons. The zero-order valence-corrected chi connectivity index (χ0v) is 17.9. The van der Waals surface area contributed by atoms with Crippen LogP contribution in [0.15, 0.2) is 75.4 Å². The largest absolute Gasteiger partial charge is 0.383 e. The number of nitrogens with one attached hydrogen (secondary N) is 1. The molecule has 0 atom stereocenters. The molecular formula is C23H23N7O2. The van der Waals surface area contributed by atoms with E-state index in [2.05, 4.69) is 10.3 Å². The van der Waals surface area contributed by atoms with Gasteiger partial charge in [0.1, 0.15) is 0 Å². The summed E-state index contributed by atoms with van der Waals surface area (Å²) in [7, 11) is 3.12. The molecule has 0 unspecified atom stereocenters. The van der Waals surface area contributed by atoms with Gasteiger partial charge in [0.2, 0.25) is 5.95 Å². The van der Waals surface area contributed by atoms with Crippen molar-refractivity contribution in [3.8, 4) is 0 Å². The summed E-state index contributed by atoms with van der Waals surface area (Å²) in [5.41, 5.74) is 2.81. The maximum Gasteiger partial charge on any atom is 0.332 e. The van der Waals surface area contributed by atoms with Crippen LogP contribution in [0.3, 0.4) is 0 Å². The van der Waals surface area contributed by atoms with E-state index in [1.165, 1.54) is 11.6 Å². The summed E-state index contributed by atoms with van der Waals surface area (Å²) < 4.78 is 4.38. The molecule has 2 aromatic carbocycles. The Morgan fingerprint density at radius 1 is 0.938 bits per heavy atom. The molecule has 3 heterocycles. The van der Waals surface area contributed by atoms with E-state index < -0.39 is 5.69 Å². The molecular weight excluding hydrogens is 406 g/mol. The van der Waals surface area contributed by atoms with Crippen LogP contribution >= 0.6 is 0 Å². The normalized spacial score (nSPS) is 13.2. The van der Waals surface area contributed by atoms with E-state index in [9.17, 15) is 9.59 Å². The van der Waals surface area contributed by atoms with Gasteiger partial charge in [-0.15, -0.1) is 0 Å². The van der Waals surface area contributed by atoms with Gasteiger partial charge in [0.25, 0.3) is 5.56 Å². The second-order valence-corrected chi connectivity index (χ2v) is 7.70. The van der Waals surface area contributed by atoms with Gasteiger partial charge >= 0.3 is 5.69 Å². The van der Waals surface area contributed by atoms with Crippen molar-refractivity contribution in [1.82, 2.24) is 18.7 Å². The molecule has 1 aliphatic rings. The van der Waals surface area contributed by atoms with Gasteiger partial charge in [-0.25, -0.2) is 9.80 Å². The smallest absolute Gasteiger partial charge is 0.332 e. The van der Waals surface area contributed by atoms with Gasteiger partial charge in [-0.05, 0) is 17.7 Å². The highest BCUT2D eigenvalue weighted by Crippen LogP contribution is 2.25. The molecule has 0 saturated heterocycles. The van der Waals surface area contributed by atoms with Crippen molar-refractivity contribution in [3.63, 3.8) is 0 Å². The molecule has 9 heteroatoms. The molecule has 162 valence electrons. The molecule has 1 N–H and O–H groups in total. The second kappa shape index (κ2) is 7.84. The fourth-order valence-electron chi connectivity index (χ4n) is 3.95. The van der Waals surface area contributed by atoms with Crippen molar-refractivity contribution in [2.45, 2.75) is 6.54 Å². The van der Waals surface area contributed by atoms with Crippen molar-refractivity contribution in [1.29, 1.82) is 0 Å². The van der Waals surface area contributed by atoms with E-state index in [1.54, 1.807) is 12.1 Å². The number of hydrogen-bond acceptors (Lipinski definition) is 6. The van der Waals surface area contributed by atoms with Gasteiger partial charge in [-0.3, -0.25) is 18.5 Å². The van der Waals surface area contributed by atoms with Gasteiger partial charge in [0.15, 0.2) is 11.2 Å². The van der Waals surface area contributed by atoms with Crippen LogP contribution in [0.1, 0.15) is 5.56 Å². The number of anilines is 2. The lowest BCUT2D eigenvalue weighted by molar-refractivity contribution is 0.700. The zero-order chi connectivity index (χ0) is 22.2. The first-order chi connectivity index (χ1) is 15.5. The molecule has 0 amide bonds. The standard InChI is InChI=1S/C23H23N7O2/c1-27-20-19(21(31)28(2)23(27)32)29-15-18(16-9-5-3-6-10-16)26-30(22(29)25-20)14-13-24-17-11-7-4-8-12-17/h3-12,24H,13-15H2,1-2H3. The number of hydrogen-bond donors (Lipinski definition) is 1. The van der Waals surface area contributed by atoms with Crippen LogP contribution in [-0.4, -0.2) is 37.5 Å². The number of aryl methyl sites for hydroxylation is 1. The van der Waals surface area contributed by atoms with E-state index in [0.29, 0.717) is 36.7 Å². The fourth-order valence-corrected chi connectivity index (χ4v) is 3.95. The minimum Gasteiger partial charge on any atom is -0.383 e. The summed E-state index contributed by atoms with van der Waals surface area (Å²) in [6.07, 6.45) is 0. The number of fused-ring (bicyclic) bond motifs is 3. The van der Waals surface area contributed by atoms with Crippen LogP contribution in [0.5, 0.6) is 0 Å². The third-order valence-corrected chi connectivity index (χ3v) is 5.64. The highest BCUT2D eigenvalue weighted by Gasteiger charge is 2.27. The lowest BCUT2D eigenvalue weighted by atomic mass is 10.1. The number of imidazole rings is 1. The second-order valence-electron chi connectivity index (χ2n) is 7.70. The summed E-state index contributed by atoms with van der Waals surface area (Å²) in [6, 6.07) is 19.8. The highest BCUT2D eigenvalue weighted by molar-refractivity contribution is 6.02. The Morgan fingerprint density at radius 2 is 1.62 bits per heavy atom. The maximum atomic E-state index is 13.0. The molecule has 0 spiro atoms. The number of nitrogens with zero attached hydrogens (tertiary/aromatic N) is 6. The molecule has 1 aliphatic heterocycles. The van der Waals surface area contributed by atoms with E-state index in [4.69, 9.17) is 5.10 Å². The Hall–Kier alpha value is -4.14. The minimum atomic E-state index is -0.403. The van der Waals surface area contributed by atoms with Crippen LogP contribution in [0.4, 0.5) is 11.6 Å². The van der Waals surface area contributed by atoms with Crippen molar-refractivity contribution in [2.24, 2.45) is 19.2 Å². The van der Waals surface area contributed by atoms with E-state index >= 15 is 0 Å². The molecule has 9 nitrogen and oxygen atoms in total. The molecule has 32 heavy (non-hydrogen) atoms. The number of hydrazone groups is 1. The number of aromatic nitrogens is 4.